The summed E-state index contributed by atoms with van der Waals surface area (Å²) in [6.45, 7) is 5.85. The molecule has 1 rings (SSSR count). The molecule has 0 spiro atoms. The van der Waals surface area contributed by atoms with Crippen molar-refractivity contribution in [3.63, 3.8) is 0 Å². The van der Waals surface area contributed by atoms with Gasteiger partial charge in [-0.2, -0.15) is 0 Å². The van der Waals surface area contributed by atoms with Gasteiger partial charge in [0, 0.05) is 5.92 Å². The Kier molecular flexibility index (Phi) is 3.43. The van der Waals surface area contributed by atoms with Crippen molar-refractivity contribution >= 4 is 0 Å². The van der Waals surface area contributed by atoms with Gasteiger partial charge in [0.05, 0.1) is 25.6 Å². The molecule has 0 bridgehead atoms. The van der Waals surface area contributed by atoms with Gasteiger partial charge in [0.15, 0.2) is 0 Å². The van der Waals surface area contributed by atoms with Crippen molar-refractivity contribution in [1.82, 2.24) is 0 Å². The summed E-state index contributed by atoms with van der Waals surface area (Å²) in [6, 6.07) is 0. The van der Waals surface area contributed by atoms with Gasteiger partial charge in [-0.1, -0.05) is 13.0 Å². The van der Waals surface area contributed by atoms with Crippen molar-refractivity contribution in [3.05, 3.63) is 12.3 Å². The maximum absolute atomic E-state index is 5.28. The summed E-state index contributed by atoms with van der Waals surface area (Å²) >= 11 is 0. The van der Waals surface area contributed by atoms with Crippen LogP contribution in [0, 0.1) is 5.92 Å². The highest BCUT2D eigenvalue weighted by atomic mass is 16.6. The van der Waals surface area contributed by atoms with Crippen molar-refractivity contribution in [2.75, 3.05) is 13.2 Å². The zero-order valence-electron chi connectivity index (χ0n) is 7.25. The highest BCUT2D eigenvalue weighted by Gasteiger charge is 2.31. The summed E-state index contributed by atoms with van der Waals surface area (Å²) in [5.74, 6) is 0.589. The maximum Gasteiger partial charge on any atom is 0.0926 e. The third-order valence-corrected chi connectivity index (χ3v) is 1.95. The van der Waals surface area contributed by atoms with E-state index in [1.165, 1.54) is 0 Å². The van der Waals surface area contributed by atoms with Gasteiger partial charge < -0.3 is 9.47 Å². The van der Waals surface area contributed by atoms with Crippen LogP contribution in [-0.4, -0.2) is 19.3 Å². The predicted octanol–water partition coefficient (Wildman–Crippen LogP) is 1.96. The van der Waals surface area contributed by atoms with E-state index in [0.29, 0.717) is 12.0 Å². The fraction of sp³-hybridized carbons (Fsp3) is 0.778. The summed E-state index contributed by atoms with van der Waals surface area (Å²) in [4.78, 5) is 0. The van der Waals surface area contributed by atoms with E-state index in [9.17, 15) is 0 Å². The number of allylic oxidation sites excluding steroid dienone is 1. The van der Waals surface area contributed by atoms with Gasteiger partial charge in [-0.05, 0) is 13.3 Å². The predicted molar refractivity (Wildman–Crippen MR) is 44.3 cm³/mol. The highest BCUT2D eigenvalue weighted by Crippen LogP contribution is 2.23. The number of epoxide rings is 1. The molecule has 1 saturated heterocycles. The van der Waals surface area contributed by atoms with Crippen molar-refractivity contribution in [2.45, 2.75) is 26.4 Å². The molecule has 2 unspecified atom stereocenters. The second kappa shape index (κ2) is 4.39. The van der Waals surface area contributed by atoms with Gasteiger partial charge in [0.1, 0.15) is 0 Å². The first-order valence-corrected chi connectivity index (χ1v) is 4.22. The van der Waals surface area contributed by atoms with Gasteiger partial charge in [-0.15, -0.1) is 0 Å². The quantitative estimate of drug-likeness (QED) is 0.448. The number of ether oxygens (including phenoxy) is 2. The maximum atomic E-state index is 5.28. The Morgan fingerprint density at radius 3 is 2.91 bits per heavy atom. The Morgan fingerprint density at radius 1 is 1.73 bits per heavy atom. The van der Waals surface area contributed by atoms with Crippen LogP contribution in [0.15, 0.2) is 12.3 Å². The molecule has 64 valence electrons. The summed E-state index contributed by atoms with van der Waals surface area (Å²) in [7, 11) is 0. The third kappa shape index (κ3) is 2.93. The smallest absolute Gasteiger partial charge is 0.0926 e. The van der Waals surface area contributed by atoms with Gasteiger partial charge in [0.25, 0.3) is 0 Å². The van der Waals surface area contributed by atoms with Gasteiger partial charge in [-0.3, -0.25) is 0 Å². The zero-order chi connectivity index (χ0) is 8.10. The molecule has 2 nitrogen and oxygen atoms in total. The SMILES string of the molecule is CC=COCC(CC)C1CO1. The molecule has 1 fully saturated rings. The first kappa shape index (κ1) is 8.60. The minimum atomic E-state index is 0.477. The standard InChI is InChI=1S/C9H16O2/c1-3-5-10-6-8(4-2)9-7-11-9/h3,5,8-9H,4,6-7H2,1-2H3. The molecule has 1 heterocycles. The molecule has 1 aliphatic rings. The first-order chi connectivity index (χ1) is 5.38. The van der Waals surface area contributed by atoms with Crippen molar-refractivity contribution in [3.8, 4) is 0 Å². The van der Waals surface area contributed by atoms with Crippen LogP contribution >= 0.6 is 0 Å². The molecule has 0 amide bonds. The van der Waals surface area contributed by atoms with Gasteiger partial charge >= 0.3 is 0 Å². The molecular weight excluding hydrogens is 140 g/mol. The minimum absolute atomic E-state index is 0.477. The van der Waals surface area contributed by atoms with E-state index in [4.69, 9.17) is 9.47 Å². The van der Waals surface area contributed by atoms with Crippen LogP contribution in [0.5, 0.6) is 0 Å². The molecule has 0 aliphatic carbocycles. The van der Waals surface area contributed by atoms with Crippen molar-refractivity contribution in [2.24, 2.45) is 5.92 Å². The topological polar surface area (TPSA) is 21.8 Å². The lowest BCUT2D eigenvalue weighted by atomic mass is 10.0. The molecule has 0 saturated carbocycles. The number of rotatable bonds is 5. The van der Waals surface area contributed by atoms with Crippen LogP contribution in [0.25, 0.3) is 0 Å². The van der Waals surface area contributed by atoms with E-state index in [-0.39, 0.29) is 0 Å². The molecular formula is C9H16O2. The minimum Gasteiger partial charge on any atom is -0.501 e. The van der Waals surface area contributed by atoms with Crippen LogP contribution in [0.4, 0.5) is 0 Å². The fourth-order valence-electron chi connectivity index (χ4n) is 1.09. The normalized spacial score (nSPS) is 25.5. The summed E-state index contributed by atoms with van der Waals surface area (Å²) < 4.78 is 10.5. The Hall–Kier alpha value is -0.500. The number of hydrogen-bond donors (Lipinski definition) is 0. The molecule has 0 aromatic carbocycles. The van der Waals surface area contributed by atoms with Gasteiger partial charge in [-0.25, -0.2) is 0 Å². The molecule has 0 aromatic heterocycles. The first-order valence-electron chi connectivity index (χ1n) is 4.22. The van der Waals surface area contributed by atoms with E-state index >= 15 is 0 Å². The third-order valence-electron chi connectivity index (χ3n) is 1.95. The van der Waals surface area contributed by atoms with Crippen LogP contribution in [0.1, 0.15) is 20.3 Å². The monoisotopic (exact) mass is 156 g/mol. The average molecular weight is 156 g/mol. The Morgan fingerprint density at radius 2 is 2.45 bits per heavy atom. The summed E-state index contributed by atoms with van der Waals surface area (Å²) in [6.07, 6.45) is 5.26. The van der Waals surface area contributed by atoms with Crippen LogP contribution in [0.3, 0.4) is 0 Å². The second-order valence-corrected chi connectivity index (χ2v) is 2.84. The second-order valence-electron chi connectivity index (χ2n) is 2.84. The molecule has 1 aliphatic heterocycles. The van der Waals surface area contributed by atoms with E-state index in [0.717, 1.165) is 19.6 Å². The van der Waals surface area contributed by atoms with E-state index < -0.39 is 0 Å². The van der Waals surface area contributed by atoms with Crippen molar-refractivity contribution < 1.29 is 9.47 Å². The Labute approximate surface area is 68.2 Å². The van der Waals surface area contributed by atoms with E-state index in [1.807, 2.05) is 13.0 Å². The molecule has 0 radical (unpaired) electrons. The summed E-state index contributed by atoms with van der Waals surface area (Å²) in [5, 5.41) is 0. The van der Waals surface area contributed by atoms with Crippen LogP contribution < -0.4 is 0 Å². The highest BCUT2D eigenvalue weighted by molar-refractivity contribution is 4.78. The summed E-state index contributed by atoms with van der Waals surface area (Å²) in [5.41, 5.74) is 0. The molecule has 2 heteroatoms. The Bertz CT molecular complexity index is 128. The molecule has 0 N–H and O–H groups in total. The average Bonchev–Trinajstić information content (AvgIpc) is 2.81. The van der Waals surface area contributed by atoms with E-state index in [2.05, 4.69) is 6.92 Å². The van der Waals surface area contributed by atoms with E-state index in [1.54, 1.807) is 6.26 Å². The lowest BCUT2D eigenvalue weighted by Crippen LogP contribution is -2.13. The lowest BCUT2D eigenvalue weighted by Gasteiger charge is -2.10. The molecule has 0 aromatic rings. The zero-order valence-corrected chi connectivity index (χ0v) is 7.25. The lowest BCUT2D eigenvalue weighted by molar-refractivity contribution is 0.165. The molecule has 2 atom stereocenters. The largest absolute Gasteiger partial charge is 0.501 e. The Balaban J connectivity index is 2.10. The number of hydrogen-bond acceptors (Lipinski definition) is 2. The van der Waals surface area contributed by atoms with Crippen molar-refractivity contribution in [1.29, 1.82) is 0 Å². The van der Waals surface area contributed by atoms with Crippen LogP contribution in [0.2, 0.25) is 0 Å². The van der Waals surface area contributed by atoms with Gasteiger partial charge in [0.2, 0.25) is 0 Å². The van der Waals surface area contributed by atoms with Crippen LogP contribution in [-0.2, 0) is 9.47 Å². The molecule has 11 heavy (non-hydrogen) atoms. The fourth-order valence-corrected chi connectivity index (χ4v) is 1.09.